The van der Waals surface area contributed by atoms with Crippen LogP contribution in [-0.2, 0) is 4.79 Å². The van der Waals surface area contributed by atoms with Crippen molar-refractivity contribution >= 4 is 11.8 Å². The summed E-state index contributed by atoms with van der Waals surface area (Å²) in [4.78, 5) is 12.0. The van der Waals surface area contributed by atoms with Crippen LogP contribution in [0.4, 0.5) is 5.88 Å². The first kappa shape index (κ1) is 15.1. The van der Waals surface area contributed by atoms with Gasteiger partial charge in [-0.1, -0.05) is 31.1 Å². The fraction of sp³-hybridized carbons (Fsp3) is 0.375. The Morgan fingerprint density at radius 2 is 2.05 bits per heavy atom. The minimum Gasteiger partial charge on any atom is -0.496 e. The van der Waals surface area contributed by atoms with E-state index in [1.165, 1.54) is 0 Å². The zero-order chi connectivity index (χ0) is 15.2. The van der Waals surface area contributed by atoms with Gasteiger partial charge in [0.15, 0.2) is 0 Å². The highest BCUT2D eigenvalue weighted by Crippen LogP contribution is 2.30. The van der Waals surface area contributed by atoms with Crippen molar-refractivity contribution in [3.63, 3.8) is 0 Å². The predicted octanol–water partition coefficient (Wildman–Crippen LogP) is 3.72. The third-order valence-corrected chi connectivity index (χ3v) is 3.50. The number of nitrogens with one attached hydrogen (secondary N) is 1. The molecule has 1 N–H and O–H groups in total. The number of carbonyl (C=O) groups excluding carboxylic acids is 1. The van der Waals surface area contributed by atoms with Gasteiger partial charge in [-0.3, -0.25) is 10.1 Å². The molecule has 0 unspecified atom stereocenters. The lowest BCUT2D eigenvalue weighted by atomic mass is 10.0. The molecule has 0 aliphatic heterocycles. The van der Waals surface area contributed by atoms with E-state index in [0.29, 0.717) is 17.3 Å². The molecule has 1 aromatic carbocycles. The first-order valence-electron chi connectivity index (χ1n) is 7.10. The van der Waals surface area contributed by atoms with Gasteiger partial charge in [0.1, 0.15) is 11.4 Å². The maximum atomic E-state index is 12.0. The van der Waals surface area contributed by atoms with Crippen molar-refractivity contribution in [2.45, 2.75) is 26.7 Å². The van der Waals surface area contributed by atoms with Crippen molar-refractivity contribution in [1.82, 2.24) is 5.16 Å². The minimum absolute atomic E-state index is 0.00943. The van der Waals surface area contributed by atoms with Crippen LogP contribution < -0.4 is 10.1 Å². The summed E-state index contributed by atoms with van der Waals surface area (Å²) >= 11 is 0. The summed E-state index contributed by atoms with van der Waals surface area (Å²) in [5.74, 6) is 1.02. The molecule has 0 saturated heterocycles. The van der Waals surface area contributed by atoms with Crippen LogP contribution >= 0.6 is 0 Å². The SMILES string of the molecule is CCC(CC)C(=O)Nc1cc(-c2ccccc2OC)no1. The van der Waals surface area contributed by atoms with Crippen molar-refractivity contribution < 1.29 is 14.1 Å². The fourth-order valence-electron chi connectivity index (χ4n) is 2.20. The lowest BCUT2D eigenvalue weighted by molar-refractivity contribution is -0.120. The molecule has 0 spiro atoms. The van der Waals surface area contributed by atoms with Crippen molar-refractivity contribution in [2.24, 2.45) is 5.92 Å². The molecule has 0 atom stereocenters. The minimum atomic E-state index is -0.0391. The van der Waals surface area contributed by atoms with Crippen LogP contribution in [0.3, 0.4) is 0 Å². The molecular formula is C16H20N2O3. The van der Waals surface area contributed by atoms with E-state index in [1.54, 1.807) is 13.2 Å². The lowest BCUT2D eigenvalue weighted by Crippen LogP contribution is -2.21. The fourth-order valence-corrected chi connectivity index (χ4v) is 2.20. The van der Waals surface area contributed by atoms with E-state index >= 15 is 0 Å². The van der Waals surface area contributed by atoms with E-state index in [2.05, 4.69) is 10.5 Å². The summed E-state index contributed by atoms with van der Waals surface area (Å²) in [5.41, 5.74) is 1.46. The van der Waals surface area contributed by atoms with Crippen LogP contribution in [0.1, 0.15) is 26.7 Å². The number of ether oxygens (including phenoxy) is 1. The maximum absolute atomic E-state index is 12.0. The number of nitrogens with zero attached hydrogens (tertiary/aromatic N) is 1. The van der Waals surface area contributed by atoms with Gasteiger partial charge in [-0.25, -0.2) is 0 Å². The number of rotatable bonds is 6. The molecule has 21 heavy (non-hydrogen) atoms. The van der Waals surface area contributed by atoms with Gasteiger partial charge in [-0.05, 0) is 25.0 Å². The number of anilines is 1. The second kappa shape index (κ2) is 6.92. The van der Waals surface area contributed by atoms with Gasteiger partial charge in [-0.15, -0.1) is 0 Å². The Balaban J connectivity index is 2.17. The van der Waals surface area contributed by atoms with Crippen LogP contribution in [0.5, 0.6) is 5.75 Å². The van der Waals surface area contributed by atoms with Crippen LogP contribution in [0, 0.1) is 5.92 Å². The van der Waals surface area contributed by atoms with E-state index in [4.69, 9.17) is 9.26 Å². The Hall–Kier alpha value is -2.30. The number of benzene rings is 1. The van der Waals surface area contributed by atoms with Gasteiger partial charge in [0.2, 0.25) is 11.8 Å². The number of hydrogen-bond donors (Lipinski definition) is 1. The van der Waals surface area contributed by atoms with Crippen LogP contribution in [0.15, 0.2) is 34.9 Å². The zero-order valence-electron chi connectivity index (χ0n) is 12.6. The monoisotopic (exact) mass is 288 g/mol. The normalized spacial score (nSPS) is 10.7. The Morgan fingerprint density at radius 3 is 2.71 bits per heavy atom. The van der Waals surface area contributed by atoms with Crippen LogP contribution in [0.25, 0.3) is 11.3 Å². The molecule has 5 heteroatoms. The number of aromatic nitrogens is 1. The average Bonchev–Trinajstić information content (AvgIpc) is 2.96. The number of para-hydroxylation sites is 1. The molecule has 0 bridgehead atoms. The number of carbonyl (C=O) groups is 1. The van der Waals surface area contributed by atoms with Crippen molar-refractivity contribution in [1.29, 1.82) is 0 Å². The van der Waals surface area contributed by atoms with Gasteiger partial charge in [0.05, 0.1) is 7.11 Å². The molecule has 1 aromatic heterocycles. The van der Waals surface area contributed by atoms with Crippen molar-refractivity contribution in [3.8, 4) is 17.0 Å². The lowest BCUT2D eigenvalue weighted by Gasteiger charge is -2.09. The molecule has 1 heterocycles. The molecule has 0 fully saturated rings. The van der Waals surface area contributed by atoms with Crippen LogP contribution in [-0.4, -0.2) is 18.2 Å². The topological polar surface area (TPSA) is 64.4 Å². The smallest absolute Gasteiger partial charge is 0.231 e. The number of methoxy groups -OCH3 is 1. The molecule has 0 saturated carbocycles. The Labute approximate surface area is 124 Å². The first-order chi connectivity index (χ1) is 10.2. The van der Waals surface area contributed by atoms with Crippen LogP contribution in [0.2, 0.25) is 0 Å². The van der Waals surface area contributed by atoms with E-state index in [9.17, 15) is 4.79 Å². The summed E-state index contributed by atoms with van der Waals surface area (Å²) in [6.07, 6.45) is 1.60. The molecule has 112 valence electrons. The molecule has 1 amide bonds. The van der Waals surface area contributed by atoms with E-state index in [1.807, 2.05) is 38.1 Å². The van der Waals surface area contributed by atoms with E-state index in [0.717, 1.165) is 18.4 Å². The summed E-state index contributed by atoms with van der Waals surface area (Å²) < 4.78 is 10.5. The van der Waals surface area contributed by atoms with E-state index in [-0.39, 0.29) is 11.8 Å². The molecule has 2 aromatic rings. The van der Waals surface area contributed by atoms with Crippen molar-refractivity contribution in [3.05, 3.63) is 30.3 Å². The largest absolute Gasteiger partial charge is 0.496 e. The van der Waals surface area contributed by atoms with Gasteiger partial charge >= 0.3 is 0 Å². The predicted molar refractivity (Wildman–Crippen MR) is 81.2 cm³/mol. The quantitative estimate of drug-likeness (QED) is 0.879. The Bertz CT molecular complexity index is 603. The second-order valence-electron chi connectivity index (χ2n) is 4.78. The third kappa shape index (κ3) is 3.42. The Morgan fingerprint density at radius 1 is 1.33 bits per heavy atom. The number of amides is 1. The highest BCUT2D eigenvalue weighted by molar-refractivity contribution is 5.91. The zero-order valence-corrected chi connectivity index (χ0v) is 12.6. The second-order valence-corrected chi connectivity index (χ2v) is 4.78. The summed E-state index contributed by atoms with van der Waals surface area (Å²) in [7, 11) is 1.61. The van der Waals surface area contributed by atoms with E-state index < -0.39 is 0 Å². The molecule has 5 nitrogen and oxygen atoms in total. The third-order valence-electron chi connectivity index (χ3n) is 3.50. The molecule has 0 aliphatic carbocycles. The maximum Gasteiger partial charge on any atom is 0.231 e. The summed E-state index contributed by atoms with van der Waals surface area (Å²) in [6.45, 7) is 3.99. The average molecular weight is 288 g/mol. The van der Waals surface area contributed by atoms with Gasteiger partial charge < -0.3 is 9.26 Å². The molecule has 2 rings (SSSR count). The highest BCUT2D eigenvalue weighted by Gasteiger charge is 2.17. The summed E-state index contributed by atoms with van der Waals surface area (Å²) in [5, 5.41) is 6.75. The van der Waals surface area contributed by atoms with Gasteiger partial charge in [0, 0.05) is 17.5 Å². The highest BCUT2D eigenvalue weighted by atomic mass is 16.5. The van der Waals surface area contributed by atoms with Gasteiger partial charge in [-0.2, -0.15) is 0 Å². The molecule has 0 radical (unpaired) electrons. The van der Waals surface area contributed by atoms with Crippen molar-refractivity contribution in [2.75, 3.05) is 12.4 Å². The summed E-state index contributed by atoms with van der Waals surface area (Å²) in [6, 6.07) is 9.24. The molecular weight excluding hydrogens is 268 g/mol. The standard InChI is InChI=1S/C16H20N2O3/c1-4-11(5-2)16(19)17-15-10-13(18-21-15)12-8-6-7-9-14(12)20-3/h6-11H,4-5H2,1-3H3,(H,17,19). The Kier molecular flexibility index (Phi) is 4.98. The number of hydrogen-bond acceptors (Lipinski definition) is 4. The molecule has 0 aliphatic rings. The first-order valence-corrected chi connectivity index (χ1v) is 7.10. The van der Waals surface area contributed by atoms with Gasteiger partial charge in [0.25, 0.3) is 0 Å².